The quantitative estimate of drug-likeness (QED) is 0.804. The number of anilines is 1. The maximum absolute atomic E-state index is 9.78. The first-order chi connectivity index (χ1) is 9.51. The third-order valence-electron chi connectivity index (χ3n) is 2.78. The van der Waals surface area contributed by atoms with Crippen LogP contribution in [0.2, 0.25) is 0 Å². The standard InChI is InChI=1S/C14H14Br2N2O2/c1-8-3-4-13(19)12(18-8)7-17-11-6-14(20-2)10(16)5-9(11)15/h3-6,17,19H,7H2,1-2H3. The number of nitrogens with one attached hydrogen (secondary N) is 1. The average molecular weight is 402 g/mol. The van der Waals surface area contributed by atoms with Crippen molar-refractivity contribution in [3.05, 3.63) is 44.6 Å². The van der Waals surface area contributed by atoms with Gasteiger partial charge in [0.05, 0.1) is 23.8 Å². The highest BCUT2D eigenvalue weighted by Crippen LogP contribution is 2.34. The Bertz CT molecular complexity index is 633. The fraction of sp³-hybridized carbons (Fsp3) is 0.214. The second-order valence-corrected chi connectivity index (χ2v) is 5.95. The SMILES string of the molecule is COc1cc(NCc2nc(C)ccc2O)c(Br)cc1Br. The Labute approximate surface area is 134 Å². The lowest BCUT2D eigenvalue weighted by atomic mass is 10.2. The average Bonchev–Trinajstić information content (AvgIpc) is 2.41. The number of pyridine rings is 1. The second kappa shape index (κ2) is 6.45. The van der Waals surface area contributed by atoms with Gasteiger partial charge in [0.2, 0.25) is 0 Å². The highest BCUT2D eigenvalue weighted by atomic mass is 79.9. The third kappa shape index (κ3) is 3.43. The van der Waals surface area contributed by atoms with E-state index in [0.29, 0.717) is 12.2 Å². The normalized spacial score (nSPS) is 10.4. The summed E-state index contributed by atoms with van der Waals surface area (Å²) in [7, 11) is 1.62. The predicted molar refractivity (Wildman–Crippen MR) is 86.4 cm³/mol. The van der Waals surface area contributed by atoms with Crippen LogP contribution in [0.25, 0.3) is 0 Å². The van der Waals surface area contributed by atoms with Crippen molar-refractivity contribution >= 4 is 37.5 Å². The Kier molecular flexibility index (Phi) is 4.88. The molecular formula is C14H14Br2N2O2. The summed E-state index contributed by atoms with van der Waals surface area (Å²) in [5.74, 6) is 0.917. The van der Waals surface area contributed by atoms with Crippen molar-refractivity contribution in [1.29, 1.82) is 0 Å². The number of aromatic nitrogens is 1. The number of hydrogen-bond donors (Lipinski definition) is 2. The lowest BCUT2D eigenvalue weighted by Gasteiger charge is -2.12. The van der Waals surface area contributed by atoms with Crippen LogP contribution in [0.1, 0.15) is 11.4 Å². The van der Waals surface area contributed by atoms with E-state index in [1.54, 1.807) is 19.2 Å². The fourth-order valence-corrected chi connectivity index (χ4v) is 3.03. The summed E-state index contributed by atoms with van der Waals surface area (Å²) >= 11 is 6.91. The molecule has 1 aromatic carbocycles. The summed E-state index contributed by atoms with van der Waals surface area (Å²) in [6.07, 6.45) is 0. The van der Waals surface area contributed by atoms with Crippen molar-refractivity contribution in [3.63, 3.8) is 0 Å². The molecule has 0 radical (unpaired) electrons. The van der Waals surface area contributed by atoms with E-state index in [0.717, 1.165) is 26.1 Å². The molecule has 2 aromatic rings. The first kappa shape index (κ1) is 15.1. The zero-order valence-corrected chi connectivity index (χ0v) is 14.2. The highest BCUT2D eigenvalue weighted by Gasteiger charge is 2.09. The molecule has 0 amide bonds. The number of nitrogens with zero attached hydrogens (tertiary/aromatic N) is 1. The Balaban J connectivity index is 2.20. The van der Waals surface area contributed by atoms with Gasteiger partial charge in [-0.2, -0.15) is 0 Å². The van der Waals surface area contributed by atoms with Crippen LogP contribution in [-0.4, -0.2) is 17.2 Å². The van der Waals surface area contributed by atoms with Crippen molar-refractivity contribution in [2.45, 2.75) is 13.5 Å². The van der Waals surface area contributed by atoms with Crippen LogP contribution in [0.3, 0.4) is 0 Å². The van der Waals surface area contributed by atoms with Gasteiger partial charge in [0.25, 0.3) is 0 Å². The summed E-state index contributed by atoms with van der Waals surface area (Å²) in [6.45, 7) is 2.32. The molecule has 106 valence electrons. The molecular weight excluding hydrogens is 388 g/mol. The molecule has 1 heterocycles. The van der Waals surface area contributed by atoms with Gasteiger partial charge in [0, 0.05) is 16.2 Å². The number of aromatic hydroxyl groups is 1. The Morgan fingerprint density at radius 3 is 2.70 bits per heavy atom. The first-order valence-electron chi connectivity index (χ1n) is 5.93. The van der Waals surface area contributed by atoms with Crippen molar-refractivity contribution in [2.75, 3.05) is 12.4 Å². The fourth-order valence-electron chi connectivity index (χ4n) is 1.73. The van der Waals surface area contributed by atoms with E-state index in [1.165, 1.54) is 0 Å². The Hall–Kier alpha value is -1.27. The van der Waals surface area contributed by atoms with E-state index in [1.807, 2.05) is 19.1 Å². The smallest absolute Gasteiger partial charge is 0.138 e. The van der Waals surface area contributed by atoms with Crippen LogP contribution in [0.5, 0.6) is 11.5 Å². The molecule has 0 aliphatic heterocycles. The zero-order valence-electron chi connectivity index (χ0n) is 11.1. The van der Waals surface area contributed by atoms with Gasteiger partial charge in [-0.25, -0.2) is 0 Å². The molecule has 0 saturated heterocycles. The number of hydrogen-bond acceptors (Lipinski definition) is 4. The maximum atomic E-state index is 9.78. The molecule has 2 N–H and O–H groups in total. The van der Waals surface area contributed by atoms with E-state index in [4.69, 9.17) is 4.74 Å². The molecule has 4 nitrogen and oxygen atoms in total. The van der Waals surface area contributed by atoms with Crippen molar-refractivity contribution < 1.29 is 9.84 Å². The highest BCUT2D eigenvalue weighted by molar-refractivity contribution is 9.11. The number of benzene rings is 1. The molecule has 0 bridgehead atoms. The molecule has 0 spiro atoms. The van der Waals surface area contributed by atoms with Gasteiger partial charge >= 0.3 is 0 Å². The minimum atomic E-state index is 0.184. The first-order valence-corrected chi connectivity index (χ1v) is 7.52. The van der Waals surface area contributed by atoms with Crippen LogP contribution >= 0.6 is 31.9 Å². The number of ether oxygens (including phenoxy) is 1. The summed E-state index contributed by atoms with van der Waals surface area (Å²) in [4.78, 5) is 4.31. The van der Waals surface area contributed by atoms with Crippen LogP contribution in [0.4, 0.5) is 5.69 Å². The minimum absolute atomic E-state index is 0.184. The molecule has 0 aliphatic carbocycles. The lowest BCUT2D eigenvalue weighted by molar-refractivity contribution is 0.412. The van der Waals surface area contributed by atoms with Gasteiger partial charge in [0.1, 0.15) is 17.2 Å². The second-order valence-electron chi connectivity index (χ2n) is 4.24. The Morgan fingerprint density at radius 1 is 1.25 bits per heavy atom. The number of halogens is 2. The number of aryl methyl sites for hydroxylation is 1. The van der Waals surface area contributed by atoms with Crippen LogP contribution in [-0.2, 0) is 6.54 Å². The van der Waals surface area contributed by atoms with Gasteiger partial charge in [-0.3, -0.25) is 4.98 Å². The largest absolute Gasteiger partial charge is 0.506 e. The zero-order chi connectivity index (χ0) is 14.7. The van der Waals surface area contributed by atoms with Gasteiger partial charge < -0.3 is 15.2 Å². The molecule has 0 aliphatic rings. The molecule has 6 heteroatoms. The number of rotatable bonds is 4. The predicted octanol–water partition coefficient (Wildman–Crippen LogP) is 4.24. The summed E-state index contributed by atoms with van der Waals surface area (Å²) < 4.78 is 7.03. The summed E-state index contributed by atoms with van der Waals surface area (Å²) in [5.41, 5.74) is 2.35. The number of methoxy groups -OCH3 is 1. The maximum Gasteiger partial charge on any atom is 0.138 e. The van der Waals surface area contributed by atoms with E-state index in [9.17, 15) is 5.11 Å². The van der Waals surface area contributed by atoms with Crippen LogP contribution < -0.4 is 10.1 Å². The minimum Gasteiger partial charge on any atom is -0.506 e. The Morgan fingerprint density at radius 2 is 2.00 bits per heavy atom. The summed E-state index contributed by atoms with van der Waals surface area (Å²) in [5, 5.41) is 13.0. The van der Waals surface area contributed by atoms with E-state index >= 15 is 0 Å². The van der Waals surface area contributed by atoms with E-state index in [-0.39, 0.29) is 5.75 Å². The molecule has 0 atom stereocenters. The molecule has 20 heavy (non-hydrogen) atoms. The summed E-state index contributed by atoms with van der Waals surface area (Å²) in [6, 6.07) is 7.21. The van der Waals surface area contributed by atoms with Crippen molar-refractivity contribution in [3.8, 4) is 11.5 Å². The monoisotopic (exact) mass is 400 g/mol. The van der Waals surface area contributed by atoms with Gasteiger partial charge in [-0.05, 0) is 57.0 Å². The van der Waals surface area contributed by atoms with Gasteiger partial charge in [0.15, 0.2) is 0 Å². The van der Waals surface area contributed by atoms with Gasteiger partial charge in [-0.1, -0.05) is 0 Å². The lowest BCUT2D eigenvalue weighted by Crippen LogP contribution is -2.04. The molecule has 1 aromatic heterocycles. The van der Waals surface area contributed by atoms with E-state index < -0.39 is 0 Å². The van der Waals surface area contributed by atoms with Gasteiger partial charge in [-0.15, -0.1) is 0 Å². The molecule has 0 fully saturated rings. The molecule has 2 rings (SSSR count). The third-order valence-corrected chi connectivity index (χ3v) is 4.05. The van der Waals surface area contributed by atoms with Crippen LogP contribution in [0.15, 0.2) is 33.2 Å². The topological polar surface area (TPSA) is 54.4 Å². The molecule has 0 saturated carbocycles. The molecule has 0 unspecified atom stereocenters. The van der Waals surface area contributed by atoms with Crippen LogP contribution in [0, 0.1) is 6.92 Å². The van der Waals surface area contributed by atoms with Crippen molar-refractivity contribution in [1.82, 2.24) is 4.98 Å². The van der Waals surface area contributed by atoms with E-state index in [2.05, 4.69) is 42.2 Å². The van der Waals surface area contributed by atoms with Crippen molar-refractivity contribution in [2.24, 2.45) is 0 Å².